The average molecular weight is 488 g/mol. The Bertz CT molecular complexity index is 1050. The average Bonchev–Trinajstić information content (AvgIpc) is 2.78. The van der Waals surface area contributed by atoms with Gasteiger partial charge in [0.15, 0.2) is 0 Å². The van der Waals surface area contributed by atoms with Crippen LogP contribution in [0, 0.1) is 13.8 Å². The molecule has 0 aliphatic carbocycles. The normalized spacial score (nSPS) is 12.1. The third-order valence-electron chi connectivity index (χ3n) is 5.85. The number of nitrogens with one attached hydrogen (secondary N) is 1. The van der Waals surface area contributed by atoms with E-state index in [0.717, 1.165) is 40.1 Å². The second-order valence-corrected chi connectivity index (χ2v) is 10.6. The zero-order valence-corrected chi connectivity index (χ0v) is 21.7. The van der Waals surface area contributed by atoms with Gasteiger partial charge in [-0.05, 0) is 50.3 Å². The van der Waals surface area contributed by atoms with Gasteiger partial charge in [0, 0.05) is 13.1 Å². The number of nitrogens with zero attached hydrogens (tertiary/aromatic N) is 2. The molecule has 8 heteroatoms. The molecule has 0 unspecified atom stereocenters. The van der Waals surface area contributed by atoms with Crippen LogP contribution in [0.25, 0.3) is 0 Å². The van der Waals surface area contributed by atoms with Crippen LogP contribution in [0.1, 0.15) is 43.4 Å². The molecule has 0 heterocycles. The van der Waals surface area contributed by atoms with Gasteiger partial charge in [-0.25, -0.2) is 8.42 Å². The van der Waals surface area contributed by atoms with Crippen molar-refractivity contribution in [2.75, 3.05) is 30.2 Å². The predicted octanol–water partition coefficient (Wildman–Crippen LogP) is 3.45. The van der Waals surface area contributed by atoms with E-state index in [9.17, 15) is 18.0 Å². The first-order valence-corrected chi connectivity index (χ1v) is 13.6. The highest BCUT2D eigenvalue weighted by Crippen LogP contribution is 2.27. The molecule has 2 aromatic carbocycles. The van der Waals surface area contributed by atoms with Crippen molar-refractivity contribution in [1.29, 1.82) is 0 Å². The lowest BCUT2D eigenvalue weighted by Crippen LogP contribution is -2.52. The van der Waals surface area contributed by atoms with Gasteiger partial charge in [-0.3, -0.25) is 13.9 Å². The van der Waals surface area contributed by atoms with Crippen molar-refractivity contribution in [2.24, 2.45) is 0 Å². The summed E-state index contributed by atoms with van der Waals surface area (Å²) in [5.74, 6) is -0.657. The number of sulfonamides is 1. The largest absolute Gasteiger partial charge is 0.354 e. The molecule has 0 saturated carbocycles. The number of anilines is 1. The molecule has 34 heavy (non-hydrogen) atoms. The smallest absolute Gasteiger partial charge is 0.244 e. The van der Waals surface area contributed by atoms with E-state index in [1.165, 1.54) is 4.90 Å². The molecule has 2 rings (SSSR count). The molecule has 2 amide bonds. The van der Waals surface area contributed by atoms with Gasteiger partial charge >= 0.3 is 0 Å². The van der Waals surface area contributed by atoms with Crippen LogP contribution >= 0.6 is 0 Å². The molecule has 1 atom stereocenters. The highest BCUT2D eigenvalue weighted by molar-refractivity contribution is 7.92. The first kappa shape index (κ1) is 27.4. The summed E-state index contributed by atoms with van der Waals surface area (Å²) >= 11 is 0. The summed E-state index contributed by atoms with van der Waals surface area (Å²) in [5, 5.41) is 2.89. The van der Waals surface area contributed by atoms with Gasteiger partial charge in [0.2, 0.25) is 21.8 Å². The van der Waals surface area contributed by atoms with Crippen LogP contribution in [0.15, 0.2) is 48.5 Å². The quantitative estimate of drug-likeness (QED) is 0.465. The lowest BCUT2D eigenvalue weighted by atomic mass is 10.1. The summed E-state index contributed by atoms with van der Waals surface area (Å²) in [6.07, 6.45) is 3.46. The van der Waals surface area contributed by atoms with Gasteiger partial charge in [-0.1, -0.05) is 61.9 Å². The molecular formula is C26H37N3O4S. The topological polar surface area (TPSA) is 86.8 Å². The number of hydrogen-bond acceptors (Lipinski definition) is 4. The minimum absolute atomic E-state index is 0.243. The van der Waals surface area contributed by atoms with Gasteiger partial charge in [0.05, 0.1) is 11.9 Å². The molecule has 1 N–H and O–H groups in total. The predicted molar refractivity (Wildman–Crippen MR) is 137 cm³/mol. The molecule has 0 aliphatic rings. The van der Waals surface area contributed by atoms with E-state index in [-0.39, 0.29) is 12.5 Å². The lowest BCUT2D eigenvalue weighted by molar-refractivity contribution is -0.138. The van der Waals surface area contributed by atoms with Crippen molar-refractivity contribution >= 4 is 27.5 Å². The number of hydrogen-bond donors (Lipinski definition) is 1. The highest BCUT2D eigenvalue weighted by Gasteiger charge is 2.30. The Morgan fingerprint density at radius 1 is 1.00 bits per heavy atom. The fourth-order valence-corrected chi connectivity index (χ4v) is 4.85. The molecule has 186 valence electrons. The molecule has 0 aromatic heterocycles. The Morgan fingerprint density at radius 2 is 1.62 bits per heavy atom. The summed E-state index contributed by atoms with van der Waals surface area (Å²) < 4.78 is 26.6. The fourth-order valence-electron chi connectivity index (χ4n) is 3.88. The third-order valence-corrected chi connectivity index (χ3v) is 6.96. The van der Waals surface area contributed by atoms with Gasteiger partial charge in [0.1, 0.15) is 12.6 Å². The van der Waals surface area contributed by atoms with Gasteiger partial charge < -0.3 is 10.2 Å². The van der Waals surface area contributed by atoms with Crippen molar-refractivity contribution in [3.63, 3.8) is 0 Å². The lowest BCUT2D eigenvalue weighted by Gasteiger charge is -2.32. The molecule has 0 saturated heterocycles. The van der Waals surface area contributed by atoms with Crippen molar-refractivity contribution in [3.8, 4) is 0 Å². The van der Waals surface area contributed by atoms with Crippen LogP contribution in [0.3, 0.4) is 0 Å². The second kappa shape index (κ2) is 12.6. The molecule has 0 bridgehead atoms. The summed E-state index contributed by atoms with van der Waals surface area (Å²) in [4.78, 5) is 27.8. The molecule has 0 fully saturated rings. The van der Waals surface area contributed by atoms with Crippen molar-refractivity contribution in [3.05, 3.63) is 65.2 Å². The van der Waals surface area contributed by atoms with Crippen LogP contribution < -0.4 is 9.62 Å². The molecule has 7 nitrogen and oxygen atoms in total. The first-order chi connectivity index (χ1) is 16.1. The molecule has 2 aromatic rings. The van der Waals surface area contributed by atoms with Crippen LogP contribution in [-0.4, -0.2) is 57.1 Å². The number of carbonyl (C=O) groups is 2. The molecule has 0 aliphatic heterocycles. The van der Waals surface area contributed by atoms with E-state index in [0.29, 0.717) is 25.2 Å². The maximum atomic E-state index is 13.5. The Hall–Kier alpha value is -2.87. The number of rotatable bonds is 12. The SMILES string of the molecule is CCCCNC(=O)[C@H](C)N(CCc1ccccc1)C(=O)CN(c1c(C)cccc1C)S(C)(=O)=O. The number of carbonyl (C=O) groups excluding carboxylic acids is 2. The minimum atomic E-state index is -3.74. The summed E-state index contributed by atoms with van der Waals surface area (Å²) in [6, 6.07) is 14.5. The Kier molecular flexibility index (Phi) is 10.1. The monoisotopic (exact) mass is 487 g/mol. The van der Waals surface area contributed by atoms with E-state index < -0.39 is 22.0 Å². The van der Waals surface area contributed by atoms with E-state index in [1.54, 1.807) is 6.92 Å². The first-order valence-electron chi connectivity index (χ1n) is 11.7. The van der Waals surface area contributed by atoms with Gasteiger partial charge in [-0.15, -0.1) is 0 Å². The number of para-hydroxylation sites is 1. The minimum Gasteiger partial charge on any atom is -0.354 e. The van der Waals surface area contributed by atoms with Crippen LogP contribution in [0.4, 0.5) is 5.69 Å². The van der Waals surface area contributed by atoms with E-state index >= 15 is 0 Å². The standard InChI is InChI=1S/C26H37N3O4S/c1-6-7-17-27-26(31)22(4)28(18-16-23-14-9-8-10-15-23)24(30)19-29(34(5,32)33)25-20(2)12-11-13-21(25)3/h8-15,22H,6-7,16-19H2,1-5H3,(H,27,31)/t22-/m0/s1. The van der Waals surface area contributed by atoms with Crippen molar-refractivity contribution < 1.29 is 18.0 Å². The zero-order valence-electron chi connectivity index (χ0n) is 20.9. The second-order valence-electron chi connectivity index (χ2n) is 8.65. The van der Waals surface area contributed by atoms with E-state index in [2.05, 4.69) is 5.32 Å². The molecule has 0 radical (unpaired) electrons. The number of aryl methyl sites for hydroxylation is 2. The summed E-state index contributed by atoms with van der Waals surface area (Å²) in [7, 11) is -3.74. The van der Waals surface area contributed by atoms with Crippen LogP contribution in [0.5, 0.6) is 0 Å². The Balaban J connectivity index is 2.32. The van der Waals surface area contributed by atoms with Crippen molar-refractivity contribution in [2.45, 2.75) is 53.0 Å². The zero-order chi connectivity index (χ0) is 25.3. The Labute approximate surface area is 204 Å². The Morgan fingerprint density at radius 3 is 2.18 bits per heavy atom. The maximum absolute atomic E-state index is 13.5. The third kappa shape index (κ3) is 7.58. The number of amides is 2. The van der Waals surface area contributed by atoms with Crippen LogP contribution in [0.2, 0.25) is 0 Å². The number of benzene rings is 2. The van der Waals surface area contributed by atoms with Crippen molar-refractivity contribution in [1.82, 2.24) is 10.2 Å². The van der Waals surface area contributed by atoms with Gasteiger partial charge in [0.25, 0.3) is 0 Å². The maximum Gasteiger partial charge on any atom is 0.244 e. The van der Waals surface area contributed by atoms with E-state index in [4.69, 9.17) is 0 Å². The highest BCUT2D eigenvalue weighted by atomic mass is 32.2. The molecule has 0 spiro atoms. The number of unbranched alkanes of at least 4 members (excludes halogenated alkanes) is 1. The fraction of sp³-hybridized carbons (Fsp3) is 0.462. The molecular weight excluding hydrogens is 450 g/mol. The van der Waals surface area contributed by atoms with Crippen LogP contribution in [-0.2, 0) is 26.0 Å². The van der Waals surface area contributed by atoms with Gasteiger partial charge in [-0.2, -0.15) is 0 Å². The summed E-state index contributed by atoms with van der Waals surface area (Å²) in [5.41, 5.74) is 3.06. The summed E-state index contributed by atoms with van der Waals surface area (Å²) in [6.45, 7) is 7.84. The van der Waals surface area contributed by atoms with E-state index in [1.807, 2.05) is 69.3 Å².